The number of ether oxygens (including phenoxy) is 1. The number of halogens is 1. The summed E-state index contributed by atoms with van der Waals surface area (Å²) in [5.41, 5.74) is 2.58. The van der Waals surface area contributed by atoms with E-state index in [1.807, 2.05) is 25.1 Å². The number of hydrogen-bond acceptors (Lipinski definition) is 4. The maximum Gasteiger partial charge on any atom is 0.273 e. The van der Waals surface area contributed by atoms with E-state index < -0.39 is 0 Å². The Kier molecular flexibility index (Phi) is 5.01. The van der Waals surface area contributed by atoms with Crippen molar-refractivity contribution in [3.63, 3.8) is 0 Å². The number of nitrogens with zero attached hydrogens (tertiary/aromatic N) is 4. The third-order valence-electron chi connectivity index (χ3n) is 4.10. The van der Waals surface area contributed by atoms with Gasteiger partial charge in [0.1, 0.15) is 11.3 Å². The van der Waals surface area contributed by atoms with Crippen LogP contribution in [0.2, 0.25) is 5.02 Å². The number of pyridine rings is 2. The van der Waals surface area contributed by atoms with E-state index >= 15 is 0 Å². The van der Waals surface area contributed by atoms with Crippen molar-refractivity contribution in [2.45, 2.75) is 13.0 Å². The first kappa shape index (κ1) is 17.4. The highest BCUT2D eigenvalue weighted by Gasteiger charge is 2.27. The van der Waals surface area contributed by atoms with Crippen LogP contribution in [0.5, 0.6) is 0 Å². The van der Waals surface area contributed by atoms with E-state index in [4.69, 9.17) is 16.3 Å². The van der Waals surface area contributed by atoms with Crippen molar-refractivity contribution in [2.75, 3.05) is 20.8 Å². The van der Waals surface area contributed by atoms with E-state index in [1.165, 1.54) is 0 Å². The molecule has 0 aliphatic rings. The van der Waals surface area contributed by atoms with Crippen LogP contribution in [0.15, 0.2) is 42.7 Å². The molecule has 1 amide bonds. The molecule has 0 aliphatic carbocycles. The van der Waals surface area contributed by atoms with Crippen molar-refractivity contribution in [1.82, 2.24) is 19.3 Å². The topological polar surface area (TPSA) is 59.7 Å². The number of aromatic nitrogens is 3. The summed E-state index contributed by atoms with van der Waals surface area (Å²) >= 11 is 6.09. The zero-order valence-corrected chi connectivity index (χ0v) is 15.1. The van der Waals surface area contributed by atoms with Gasteiger partial charge in [-0.3, -0.25) is 14.2 Å². The van der Waals surface area contributed by atoms with Gasteiger partial charge in [0.15, 0.2) is 0 Å². The monoisotopic (exact) mass is 358 g/mol. The third kappa shape index (κ3) is 3.36. The average Bonchev–Trinajstić information content (AvgIpc) is 2.94. The summed E-state index contributed by atoms with van der Waals surface area (Å²) in [5, 5.41) is 0.541. The molecule has 3 heterocycles. The quantitative estimate of drug-likeness (QED) is 0.703. The van der Waals surface area contributed by atoms with Crippen molar-refractivity contribution in [3.05, 3.63) is 64.8 Å². The lowest BCUT2D eigenvalue weighted by molar-refractivity contribution is 0.0588. The smallest absolute Gasteiger partial charge is 0.273 e. The lowest BCUT2D eigenvalue weighted by Crippen LogP contribution is -2.35. The Balaban J connectivity index is 2.01. The van der Waals surface area contributed by atoms with Crippen LogP contribution in [0.3, 0.4) is 0 Å². The number of hydrogen-bond donors (Lipinski definition) is 0. The number of imidazole rings is 1. The summed E-state index contributed by atoms with van der Waals surface area (Å²) in [6.45, 7) is 2.16. The second-order valence-electron chi connectivity index (χ2n) is 5.76. The summed E-state index contributed by atoms with van der Waals surface area (Å²) in [4.78, 5) is 23.6. The van der Waals surface area contributed by atoms with Gasteiger partial charge in [-0.2, -0.15) is 0 Å². The number of rotatable bonds is 5. The van der Waals surface area contributed by atoms with Crippen LogP contribution in [-0.2, 0) is 4.74 Å². The minimum absolute atomic E-state index is 0.167. The van der Waals surface area contributed by atoms with Gasteiger partial charge in [0, 0.05) is 26.6 Å². The number of carbonyl (C=O) groups excluding carboxylic acids is 1. The molecule has 3 aromatic rings. The van der Waals surface area contributed by atoms with Gasteiger partial charge < -0.3 is 9.64 Å². The molecule has 0 fully saturated rings. The van der Waals surface area contributed by atoms with Gasteiger partial charge in [-0.05, 0) is 31.2 Å². The van der Waals surface area contributed by atoms with Crippen molar-refractivity contribution in [1.29, 1.82) is 0 Å². The molecule has 6 nitrogen and oxygen atoms in total. The number of aryl methyl sites for hydroxylation is 1. The predicted octanol–water partition coefficient (Wildman–Crippen LogP) is 3.15. The third-order valence-corrected chi connectivity index (χ3v) is 4.32. The van der Waals surface area contributed by atoms with E-state index in [0.717, 1.165) is 5.69 Å². The van der Waals surface area contributed by atoms with Gasteiger partial charge in [0.2, 0.25) is 0 Å². The molecular formula is C18H19ClN4O2. The molecule has 0 bridgehead atoms. The number of fused-ring (bicyclic) bond motifs is 1. The number of likely N-dealkylation sites (N-methyl/N-ethyl adjacent to an activating group) is 1. The summed E-state index contributed by atoms with van der Waals surface area (Å²) in [7, 11) is 3.34. The second-order valence-corrected chi connectivity index (χ2v) is 6.20. The van der Waals surface area contributed by atoms with E-state index in [0.29, 0.717) is 28.7 Å². The van der Waals surface area contributed by atoms with E-state index in [2.05, 4.69) is 9.97 Å². The number of amides is 1. The van der Waals surface area contributed by atoms with Crippen LogP contribution in [0.1, 0.15) is 27.9 Å². The van der Waals surface area contributed by atoms with Crippen LogP contribution in [0.4, 0.5) is 0 Å². The largest absolute Gasteiger partial charge is 0.382 e. The lowest BCUT2D eigenvalue weighted by atomic mass is 10.1. The summed E-state index contributed by atoms with van der Waals surface area (Å²) in [6.07, 6.45) is 3.40. The van der Waals surface area contributed by atoms with Crippen molar-refractivity contribution >= 4 is 23.2 Å². The molecule has 1 atom stereocenters. The summed E-state index contributed by atoms with van der Waals surface area (Å²) in [5.74, 6) is -0.167. The lowest BCUT2D eigenvalue weighted by Gasteiger charge is -2.27. The average molecular weight is 359 g/mol. The zero-order valence-electron chi connectivity index (χ0n) is 14.3. The van der Waals surface area contributed by atoms with Crippen LogP contribution in [-0.4, -0.2) is 45.9 Å². The summed E-state index contributed by atoms with van der Waals surface area (Å²) < 4.78 is 7.03. The fourth-order valence-corrected chi connectivity index (χ4v) is 2.99. The Morgan fingerprint density at radius 1 is 1.36 bits per heavy atom. The molecule has 0 aromatic carbocycles. The molecule has 3 aromatic heterocycles. The highest BCUT2D eigenvalue weighted by Crippen LogP contribution is 2.23. The Morgan fingerprint density at radius 2 is 2.16 bits per heavy atom. The highest BCUT2D eigenvalue weighted by atomic mass is 35.5. The predicted molar refractivity (Wildman–Crippen MR) is 95.9 cm³/mol. The van der Waals surface area contributed by atoms with Gasteiger partial charge in [0.25, 0.3) is 5.91 Å². The van der Waals surface area contributed by atoms with Gasteiger partial charge >= 0.3 is 0 Å². The fraction of sp³-hybridized carbons (Fsp3) is 0.278. The van der Waals surface area contributed by atoms with E-state index in [9.17, 15) is 4.79 Å². The summed E-state index contributed by atoms with van der Waals surface area (Å²) in [6, 6.07) is 8.85. The standard InChI is InChI=1S/C18H19ClN4O2/c1-12-17(23-10-13(19)7-8-16(23)21-12)18(24)22(2)15(11-25-3)14-6-4-5-9-20-14/h4-10,15H,11H2,1-3H3. The minimum Gasteiger partial charge on any atom is -0.382 e. The van der Waals surface area contributed by atoms with Crippen molar-refractivity contribution < 1.29 is 9.53 Å². The molecular weight excluding hydrogens is 340 g/mol. The first-order valence-electron chi connectivity index (χ1n) is 7.84. The maximum absolute atomic E-state index is 13.2. The Bertz CT molecular complexity index is 895. The molecule has 0 saturated carbocycles. The Hall–Kier alpha value is -2.44. The first-order chi connectivity index (χ1) is 12.0. The van der Waals surface area contributed by atoms with Gasteiger partial charge in [-0.15, -0.1) is 0 Å². The minimum atomic E-state index is -0.303. The van der Waals surface area contributed by atoms with Gasteiger partial charge in [-0.1, -0.05) is 17.7 Å². The molecule has 0 N–H and O–H groups in total. The molecule has 0 spiro atoms. The maximum atomic E-state index is 13.2. The number of carbonyl (C=O) groups is 1. The molecule has 0 saturated heterocycles. The van der Waals surface area contributed by atoms with Crippen LogP contribution in [0, 0.1) is 6.92 Å². The molecule has 7 heteroatoms. The molecule has 25 heavy (non-hydrogen) atoms. The number of methoxy groups -OCH3 is 1. The van der Waals surface area contributed by atoms with Gasteiger partial charge in [-0.25, -0.2) is 4.98 Å². The van der Waals surface area contributed by atoms with Crippen molar-refractivity contribution in [3.8, 4) is 0 Å². The Labute approximate surface area is 151 Å². The second kappa shape index (κ2) is 7.21. The van der Waals surface area contributed by atoms with Crippen LogP contribution < -0.4 is 0 Å². The van der Waals surface area contributed by atoms with Crippen LogP contribution in [0.25, 0.3) is 5.65 Å². The van der Waals surface area contributed by atoms with Crippen LogP contribution >= 0.6 is 11.6 Å². The fourth-order valence-electron chi connectivity index (χ4n) is 2.83. The molecule has 0 aliphatic heterocycles. The Morgan fingerprint density at radius 3 is 2.84 bits per heavy atom. The molecule has 130 valence electrons. The first-order valence-corrected chi connectivity index (χ1v) is 8.22. The van der Waals surface area contributed by atoms with Gasteiger partial charge in [0.05, 0.1) is 29.1 Å². The highest BCUT2D eigenvalue weighted by molar-refractivity contribution is 6.30. The van der Waals surface area contributed by atoms with E-state index in [1.54, 1.807) is 48.0 Å². The normalized spacial score (nSPS) is 12.3. The zero-order chi connectivity index (χ0) is 18.0. The molecule has 3 rings (SSSR count). The SMILES string of the molecule is COCC(c1ccccn1)N(C)C(=O)c1c(C)nc2ccc(Cl)cn12. The molecule has 0 radical (unpaired) electrons. The molecule has 1 unspecified atom stereocenters. The van der Waals surface area contributed by atoms with E-state index in [-0.39, 0.29) is 11.9 Å². The van der Waals surface area contributed by atoms with Crippen molar-refractivity contribution in [2.24, 2.45) is 0 Å².